The van der Waals surface area contributed by atoms with E-state index in [1.165, 1.54) is 16.8 Å². The molecule has 0 bridgehead atoms. The molecule has 0 spiro atoms. The van der Waals surface area contributed by atoms with Crippen molar-refractivity contribution >= 4 is 22.5 Å². The van der Waals surface area contributed by atoms with Crippen LogP contribution in [0.15, 0.2) is 30.5 Å². The fraction of sp³-hybridized carbons (Fsp3) is 0.381. The average molecular weight is 367 g/mol. The second-order valence-corrected chi connectivity index (χ2v) is 7.46. The third-order valence-electron chi connectivity index (χ3n) is 4.93. The van der Waals surface area contributed by atoms with Crippen LogP contribution in [0.2, 0.25) is 5.15 Å². The number of rotatable bonds is 4. The first-order valence-corrected chi connectivity index (χ1v) is 9.62. The summed E-state index contributed by atoms with van der Waals surface area (Å²) in [5.41, 5.74) is 5.67. The Bertz CT molecular complexity index is 954. The molecule has 26 heavy (non-hydrogen) atoms. The molecule has 0 aliphatic carbocycles. The smallest absolute Gasteiger partial charge is 0.134 e. The van der Waals surface area contributed by atoms with Gasteiger partial charge in [0.2, 0.25) is 0 Å². The molecule has 1 aliphatic heterocycles. The number of aryl methyl sites for hydroxylation is 2. The zero-order valence-electron chi connectivity index (χ0n) is 15.3. The van der Waals surface area contributed by atoms with Crippen LogP contribution >= 0.6 is 11.6 Å². The highest BCUT2D eigenvalue weighted by Gasteiger charge is 2.19. The van der Waals surface area contributed by atoms with Crippen molar-refractivity contribution < 1.29 is 0 Å². The van der Waals surface area contributed by atoms with Crippen molar-refractivity contribution in [2.45, 2.75) is 46.2 Å². The zero-order chi connectivity index (χ0) is 18.1. The summed E-state index contributed by atoms with van der Waals surface area (Å²) >= 11 is 6.47. The van der Waals surface area contributed by atoms with Crippen LogP contribution in [0.1, 0.15) is 41.6 Å². The maximum atomic E-state index is 6.47. The highest BCUT2D eigenvalue weighted by molar-refractivity contribution is 6.30. The standard InChI is InChI=1S/C21H23ClN4/c1-3-4-20-23-11-17-13-26(8-7-18(17)24-20)12-16-10-15-6-5-14(2)9-19(15)25-21(16)22/h5-6,9-11H,3-4,7-8,12-13H2,1-2H3. The Morgan fingerprint density at radius 1 is 1.19 bits per heavy atom. The van der Waals surface area contributed by atoms with E-state index in [1.54, 1.807) is 0 Å². The number of hydrogen-bond acceptors (Lipinski definition) is 4. The number of nitrogens with zero attached hydrogens (tertiary/aromatic N) is 4. The van der Waals surface area contributed by atoms with Gasteiger partial charge in [0, 0.05) is 60.9 Å². The highest BCUT2D eigenvalue weighted by atomic mass is 35.5. The van der Waals surface area contributed by atoms with Gasteiger partial charge in [0.25, 0.3) is 0 Å². The average Bonchev–Trinajstić information content (AvgIpc) is 2.63. The van der Waals surface area contributed by atoms with E-state index in [4.69, 9.17) is 16.6 Å². The second-order valence-electron chi connectivity index (χ2n) is 7.10. The third kappa shape index (κ3) is 3.57. The van der Waals surface area contributed by atoms with E-state index in [0.29, 0.717) is 5.15 Å². The minimum Gasteiger partial charge on any atom is -0.294 e. The van der Waals surface area contributed by atoms with Crippen LogP contribution in [0.4, 0.5) is 0 Å². The minimum absolute atomic E-state index is 0.600. The zero-order valence-corrected chi connectivity index (χ0v) is 16.1. The van der Waals surface area contributed by atoms with Crippen LogP contribution in [0, 0.1) is 6.92 Å². The summed E-state index contributed by atoms with van der Waals surface area (Å²) in [6.45, 7) is 6.88. The van der Waals surface area contributed by atoms with Crippen LogP contribution in [-0.4, -0.2) is 26.4 Å². The van der Waals surface area contributed by atoms with Crippen LogP contribution in [0.25, 0.3) is 10.9 Å². The van der Waals surface area contributed by atoms with Crippen molar-refractivity contribution in [1.29, 1.82) is 0 Å². The molecule has 0 saturated carbocycles. The van der Waals surface area contributed by atoms with Crippen molar-refractivity contribution in [3.05, 3.63) is 63.8 Å². The predicted octanol–water partition coefficient (Wildman–Crippen LogP) is 4.50. The summed E-state index contributed by atoms with van der Waals surface area (Å²) in [5, 5.41) is 1.74. The number of pyridine rings is 1. The van der Waals surface area contributed by atoms with Gasteiger partial charge in [0.1, 0.15) is 11.0 Å². The molecule has 2 aromatic heterocycles. The van der Waals surface area contributed by atoms with Crippen molar-refractivity contribution in [3.63, 3.8) is 0 Å². The first kappa shape index (κ1) is 17.4. The van der Waals surface area contributed by atoms with E-state index in [2.05, 4.69) is 53.0 Å². The molecule has 1 aromatic carbocycles. The van der Waals surface area contributed by atoms with Crippen LogP contribution in [0.3, 0.4) is 0 Å². The van der Waals surface area contributed by atoms with Gasteiger partial charge in [-0.3, -0.25) is 4.90 Å². The lowest BCUT2D eigenvalue weighted by Gasteiger charge is -2.28. The summed E-state index contributed by atoms with van der Waals surface area (Å²) < 4.78 is 0. The first-order valence-electron chi connectivity index (χ1n) is 9.24. The van der Waals surface area contributed by atoms with Gasteiger partial charge in [-0.05, 0) is 31.0 Å². The molecule has 5 heteroatoms. The van der Waals surface area contributed by atoms with E-state index >= 15 is 0 Å². The number of benzene rings is 1. The van der Waals surface area contributed by atoms with Gasteiger partial charge in [0.15, 0.2) is 0 Å². The Morgan fingerprint density at radius 2 is 2.08 bits per heavy atom. The molecule has 0 amide bonds. The van der Waals surface area contributed by atoms with Crippen LogP contribution in [-0.2, 0) is 25.9 Å². The van der Waals surface area contributed by atoms with Gasteiger partial charge >= 0.3 is 0 Å². The lowest BCUT2D eigenvalue weighted by molar-refractivity contribution is 0.242. The Morgan fingerprint density at radius 3 is 2.92 bits per heavy atom. The Labute approximate surface area is 159 Å². The van der Waals surface area contributed by atoms with Gasteiger partial charge in [-0.2, -0.15) is 0 Å². The molecular formula is C21H23ClN4. The number of halogens is 1. The van der Waals surface area contributed by atoms with E-state index in [0.717, 1.165) is 61.2 Å². The molecule has 0 saturated heterocycles. The van der Waals surface area contributed by atoms with Gasteiger partial charge in [-0.15, -0.1) is 0 Å². The summed E-state index contributed by atoms with van der Waals surface area (Å²) in [6, 6.07) is 8.48. The van der Waals surface area contributed by atoms with E-state index in [9.17, 15) is 0 Å². The molecule has 3 heterocycles. The monoisotopic (exact) mass is 366 g/mol. The normalized spacial score (nSPS) is 14.6. The van der Waals surface area contributed by atoms with Crippen molar-refractivity contribution in [1.82, 2.24) is 19.9 Å². The van der Waals surface area contributed by atoms with Crippen LogP contribution in [0.5, 0.6) is 0 Å². The molecule has 4 nitrogen and oxygen atoms in total. The quantitative estimate of drug-likeness (QED) is 0.637. The highest BCUT2D eigenvalue weighted by Crippen LogP contribution is 2.25. The maximum absolute atomic E-state index is 6.47. The van der Waals surface area contributed by atoms with Crippen molar-refractivity contribution in [3.8, 4) is 0 Å². The fourth-order valence-electron chi connectivity index (χ4n) is 3.54. The van der Waals surface area contributed by atoms with E-state index in [1.807, 2.05) is 6.20 Å². The van der Waals surface area contributed by atoms with E-state index in [-0.39, 0.29) is 0 Å². The molecule has 1 aliphatic rings. The molecule has 0 fully saturated rings. The molecule has 0 unspecified atom stereocenters. The minimum atomic E-state index is 0.600. The summed E-state index contributed by atoms with van der Waals surface area (Å²) in [4.78, 5) is 16.2. The Hall–Kier alpha value is -2.04. The second kappa shape index (κ2) is 7.29. The number of aromatic nitrogens is 3. The lowest BCUT2D eigenvalue weighted by atomic mass is 10.1. The number of fused-ring (bicyclic) bond motifs is 2. The van der Waals surface area contributed by atoms with Crippen LogP contribution < -0.4 is 0 Å². The summed E-state index contributed by atoms with van der Waals surface area (Å²) in [5.74, 6) is 0.969. The Kier molecular flexibility index (Phi) is 4.88. The molecule has 3 aromatic rings. The number of hydrogen-bond donors (Lipinski definition) is 0. The van der Waals surface area contributed by atoms with Gasteiger partial charge in [-0.1, -0.05) is 30.7 Å². The van der Waals surface area contributed by atoms with Crippen molar-refractivity contribution in [2.24, 2.45) is 0 Å². The Balaban J connectivity index is 1.54. The fourth-order valence-corrected chi connectivity index (χ4v) is 3.75. The largest absolute Gasteiger partial charge is 0.294 e. The topological polar surface area (TPSA) is 41.9 Å². The lowest BCUT2D eigenvalue weighted by Crippen LogP contribution is -2.31. The molecule has 0 atom stereocenters. The predicted molar refractivity (Wildman–Crippen MR) is 105 cm³/mol. The van der Waals surface area contributed by atoms with E-state index < -0.39 is 0 Å². The maximum Gasteiger partial charge on any atom is 0.134 e. The summed E-state index contributed by atoms with van der Waals surface area (Å²) in [6.07, 6.45) is 5.00. The SMILES string of the molecule is CCCc1ncc2c(n1)CCN(Cc1cc3ccc(C)cc3nc1Cl)C2. The molecule has 134 valence electrons. The summed E-state index contributed by atoms with van der Waals surface area (Å²) in [7, 11) is 0. The third-order valence-corrected chi connectivity index (χ3v) is 5.26. The van der Waals surface area contributed by atoms with Gasteiger partial charge in [-0.25, -0.2) is 15.0 Å². The molecule has 0 N–H and O–H groups in total. The molecule has 0 radical (unpaired) electrons. The first-order chi connectivity index (χ1) is 12.6. The van der Waals surface area contributed by atoms with Gasteiger partial charge in [0.05, 0.1) is 5.52 Å². The molecular weight excluding hydrogens is 344 g/mol. The molecule has 4 rings (SSSR count). The van der Waals surface area contributed by atoms with Crippen molar-refractivity contribution in [2.75, 3.05) is 6.54 Å². The van der Waals surface area contributed by atoms with Gasteiger partial charge < -0.3 is 0 Å².